The van der Waals surface area contributed by atoms with Crippen LogP contribution >= 0.6 is 0 Å². The number of benzene rings is 1. The number of hydrogen-bond donors (Lipinski definition) is 1. The van der Waals surface area contributed by atoms with Crippen molar-refractivity contribution in [3.8, 4) is 0 Å². The van der Waals surface area contributed by atoms with Gasteiger partial charge in [0, 0.05) is 5.54 Å². The molecule has 1 aromatic carbocycles. The van der Waals surface area contributed by atoms with Crippen molar-refractivity contribution in [2.24, 2.45) is 0 Å². The summed E-state index contributed by atoms with van der Waals surface area (Å²) in [7, 11) is -3.37. The largest absolute Gasteiger partial charge is 0.241 e. The summed E-state index contributed by atoms with van der Waals surface area (Å²) in [4.78, 5) is 0.301. The van der Waals surface area contributed by atoms with Gasteiger partial charge in [0.15, 0.2) is 0 Å². The van der Waals surface area contributed by atoms with Crippen LogP contribution in [-0.4, -0.2) is 14.0 Å². The maximum absolute atomic E-state index is 11.7. The van der Waals surface area contributed by atoms with Gasteiger partial charge < -0.3 is 0 Å². The average molecular weight is 243 g/mol. The van der Waals surface area contributed by atoms with Gasteiger partial charge in [0.1, 0.15) is 0 Å². The lowest BCUT2D eigenvalue weighted by Crippen LogP contribution is -2.40. The van der Waals surface area contributed by atoms with E-state index in [2.05, 4.69) is 4.72 Å². The Labute approximate surface area is 98.9 Å². The zero-order chi connectivity index (χ0) is 12.8. The van der Waals surface area contributed by atoms with Crippen LogP contribution < -0.4 is 4.72 Å². The normalized spacial score (nSPS) is 11.6. The molecule has 0 aliphatic carbocycles. The highest BCUT2D eigenvalue weighted by molar-refractivity contribution is 7.89. The lowest BCUT2D eigenvalue weighted by atomic mass is 10.1. The molecule has 0 bridgehead atoms. The molecule has 0 radical (unpaired) electrons. The van der Waals surface area contributed by atoms with Crippen LogP contribution in [0.4, 0.5) is 0 Å². The van der Waals surface area contributed by atoms with E-state index in [1.807, 2.05) is 34.6 Å². The summed E-state index contributed by atoms with van der Waals surface area (Å²) in [6.45, 7) is 9.44. The first-order valence-electron chi connectivity index (χ1n) is 5.40. The Morgan fingerprint density at radius 2 is 1.44 bits per heavy atom. The molecule has 0 unspecified atom stereocenters. The quantitative estimate of drug-likeness (QED) is 0.868. The molecule has 16 heavy (non-hydrogen) atoms. The molecule has 0 aliphatic rings. The van der Waals surface area contributed by atoms with Crippen LogP contribution in [0.5, 0.6) is 0 Å². The van der Waals surface area contributed by atoms with E-state index in [-0.39, 0.29) is 0 Å². The van der Waals surface area contributed by atoms with Crippen LogP contribution in [0.25, 0.3) is 0 Å². The maximum Gasteiger partial charge on any atom is 0.241 e. The van der Waals surface area contributed by atoms with E-state index in [4.69, 9.17) is 0 Å². The zero-order valence-corrected chi connectivity index (χ0v) is 11.4. The van der Waals surface area contributed by atoms with Gasteiger partial charge in [0.05, 0.1) is 4.90 Å². The van der Waals surface area contributed by atoms with Gasteiger partial charge in [0.25, 0.3) is 0 Å². The minimum absolute atomic E-state index is 0.301. The van der Waals surface area contributed by atoms with Gasteiger partial charge in [0.2, 0.25) is 10.0 Å². The number of sulfonamides is 1. The molecule has 0 saturated heterocycles. The van der Waals surface area contributed by atoms with E-state index in [0.717, 1.165) is 0 Å². The summed E-state index contributed by atoms with van der Waals surface area (Å²) in [6, 6.07) is 8.35. The lowest BCUT2D eigenvalue weighted by Gasteiger charge is -2.20. The first-order valence-corrected chi connectivity index (χ1v) is 6.89. The third-order valence-electron chi connectivity index (χ3n) is 1.49. The summed E-state index contributed by atoms with van der Waals surface area (Å²) in [5.74, 6) is 0. The van der Waals surface area contributed by atoms with E-state index in [1.165, 1.54) is 0 Å². The van der Waals surface area contributed by atoms with Crippen molar-refractivity contribution in [2.45, 2.75) is 45.1 Å². The van der Waals surface area contributed by atoms with Gasteiger partial charge >= 0.3 is 0 Å². The molecule has 0 aromatic heterocycles. The molecule has 0 spiro atoms. The van der Waals surface area contributed by atoms with Gasteiger partial charge in [-0.25, -0.2) is 13.1 Å². The second kappa shape index (κ2) is 6.01. The zero-order valence-electron chi connectivity index (χ0n) is 10.6. The predicted octanol–water partition coefficient (Wildman–Crippen LogP) is 2.79. The molecule has 1 N–H and O–H groups in total. The standard InChI is InChI=1S/C10H15NO2S.C2H6/c1-10(2,3)11-14(12,13)9-7-5-4-6-8-9;1-2/h4-8,11H,1-3H3;1-2H3. The van der Waals surface area contributed by atoms with Gasteiger partial charge in [-0.1, -0.05) is 32.0 Å². The van der Waals surface area contributed by atoms with Gasteiger partial charge in [-0.05, 0) is 32.9 Å². The summed E-state index contributed by atoms with van der Waals surface area (Å²) in [5, 5.41) is 0. The van der Waals surface area contributed by atoms with E-state index in [1.54, 1.807) is 30.3 Å². The fraction of sp³-hybridized carbons (Fsp3) is 0.500. The van der Waals surface area contributed by atoms with Crippen LogP contribution in [0.3, 0.4) is 0 Å². The summed E-state index contributed by atoms with van der Waals surface area (Å²) >= 11 is 0. The van der Waals surface area contributed by atoms with Crippen LogP contribution in [0.15, 0.2) is 35.2 Å². The fourth-order valence-corrected chi connectivity index (χ4v) is 2.50. The molecule has 1 rings (SSSR count). The molecule has 0 fully saturated rings. The second-order valence-electron chi connectivity index (χ2n) is 4.17. The summed E-state index contributed by atoms with van der Waals surface area (Å²) in [6.07, 6.45) is 0. The van der Waals surface area contributed by atoms with Crippen LogP contribution in [0.1, 0.15) is 34.6 Å². The van der Waals surface area contributed by atoms with Crippen molar-refractivity contribution in [3.05, 3.63) is 30.3 Å². The molecular formula is C12H21NO2S. The molecular weight excluding hydrogens is 222 g/mol. The van der Waals surface area contributed by atoms with Gasteiger partial charge in [-0.2, -0.15) is 0 Å². The second-order valence-corrected chi connectivity index (χ2v) is 5.85. The Bertz CT molecular complexity index is 391. The van der Waals surface area contributed by atoms with Crippen molar-refractivity contribution in [3.63, 3.8) is 0 Å². The Morgan fingerprint density at radius 3 is 1.81 bits per heavy atom. The van der Waals surface area contributed by atoms with E-state index >= 15 is 0 Å². The first-order chi connectivity index (χ1) is 7.31. The molecule has 1 aromatic rings. The minimum atomic E-state index is -3.37. The molecule has 4 heteroatoms. The topological polar surface area (TPSA) is 46.2 Å². The van der Waals surface area contributed by atoms with Crippen LogP contribution in [0, 0.1) is 0 Å². The number of rotatable bonds is 2. The third-order valence-corrected chi connectivity index (χ3v) is 3.27. The van der Waals surface area contributed by atoms with E-state index < -0.39 is 15.6 Å². The predicted molar refractivity (Wildman–Crippen MR) is 67.9 cm³/mol. The lowest BCUT2D eigenvalue weighted by molar-refractivity contribution is 0.491. The fourth-order valence-electron chi connectivity index (χ4n) is 1.06. The average Bonchev–Trinajstić information content (AvgIpc) is 2.19. The van der Waals surface area contributed by atoms with Crippen molar-refractivity contribution in [1.82, 2.24) is 4.72 Å². The minimum Gasteiger partial charge on any atom is -0.207 e. The Kier molecular flexibility index (Phi) is 5.68. The molecule has 0 heterocycles. The molecule has 0 aliphatic heterocycles. The van der Waals surface area contributed by atoms with E-state index in [0.29, 0.717) is 4.90 Å². The van der Waals surface area contributed by atoms with Crippen molar-refractivity contribution in [1.29, 1.82) is 0 Å². The Morgan fingerprint density at radius 1 is 1.00 bits per heavy atom. The van der Waals surface area contributed by atoms with Crippen LogP contribution in [0.2, 0.25) is 0 Å². The third kappa shape index (κ3) is 5.28. The van der Waals surface area contributed by atoms with Gasteiger partial charge in [-0.15, -0.1) is 0 Å². The highest BCUT2D eigenvalue weighted by Crippen LogP contribution is 2.11. The highest BCUT2D eigenvalue weighted by atomic mass is 32.2. The smallest absolute Gasteiger partial charge is 0.207 e. The van der Waals surface area contributed by atoms with Crippen molar-refractivity contribution >= 4 is 10.0 Å². The van der Waals surface area contributed by atoms with Crippen molar-refractivity contribution < 1.29 is 8.42 Å². The maximum atomic E-state index is 11.7. The highest BCUT2D eigenvalue weighted by Gasteiger charge is 2.21. The summed E-state index contributed by atoms with van der Waals surface area (Å²) in [5.41, 5.74) is -0.450. The summed E-state index contributed by atoms with van der Waals surface area (Å²) < 4.78 is 26.1. The molecule has 92 valence electrons. The van der Waals surface area contributed by atoms with Crippen LogP contribution in [-0.2, 0) is 10.0 Å². The monoisotopic (exact) mass is 243 g/mol. The molecule has 0 saturated carbocycles. The number of nitrogens with one attached hydrogen (secondary N) is 1. The number of hydrogen-bond acceptors (Lipinski definition) is 2. The van der Waals surface area contributed by atoms with Crippen molar-refractivity contribution in [2.75, 3.05) is 0 Å². The molecule has 3 nitrogen and oxygen atoms in total. The molecule has 0 amide bonds. The van der Waals surface area contributed by atoms with Gasteiger partial charge in [-0.3, -0.25) is 0 Å². The first kappa shape index (κ1) is 15.1. The van der Waals surface area contributed by atoms with E-state index in [9.17, 15) is 8.42 Å². The Hall–Kier alpha value is -0.870. The SMILES string of the molecule is CC.CC(C)(C)NS(=O)(=O)c1ccccc1. The Balaban J connectivity index is 0.00000106. The molecule has 0 atom stereocenters.